The summed E-state index contributed by atoms with van der Waals surface area (Å²) in [6.07, 6.45) is 3.83. The molecule has 1 fully saturated rings. The Hall–Kier alpha value is -3.15. The Labute approximate surface area is 183 Å². The van der Waals surface area contributed by atoms with Crippen molar-refractivity contribution >= 4 is 23.5 Å². The molecule has 0 bridgehead atoms. The first-order valence-corrected chi connectivity index (χ1v) is 10.8. The van der Waals surface area contributed by atoms with E-state index in [1.54, 1.807) is 24.3 Å². The normalized spacial score (nSPS) is 15.0. The van der Waals surface area contributed by atoms with Crippen LogP contribution in [0.15, 0.2) is 48.5 Å². The summed E-state index contributed by atoms with van der Waals surface area (Å²) in [6, 6.07) is 14.6. The zero-order chi connectivity index (χ0) is 22.2. The molecular weight excluding hydrogens is 392 g/mol. The van der Waals surface area contributed by atoms with Crippen LogP contribution in [0.1, 0.15) is 54.9 Å². The van der Waals surface area contributed by atoms with Crippen molar-refractivity contribution in [1.82, 2.24) is 5.32 Å². The summed E-state index contributed by atoms with van der Waals surface area (Å²) in [4.78, 5) is 37.8. The molecule has 2 aromatic carbocycles. The molecule has 31 heavy (non-hydrogen) atoms. The highest BCUT2D eigenvalue weighted by molar-refractivity contribution is 5.97. The van der Waals surface area contributed by atoms with Crippen molar-refractivity contribution in [3.8, 4) is 0 Å². The van der Waals surface area contributed by atoms with E-state index >= 15 is 0 Å². The first-order chi connectivity index (χ1) is 14.9. The average molecular weight is 423 g/mol. The number of esters is 1. The number of ether oxygens (including phenoxy) is 1. The fourth-order valence-electron chi connectivity index (χ4n) is 3.81. The molecular formula is C25H30N2O4. The molecule has 0 aromatic heterocycles. The Kier molecular flexibility index (Phi) is 7.82. The van der Waals surface area contributed by atoms with E-state index in [1.165, 1.54) is 0 Å². The van der Waals surface area contributed by atoms with E-state index in [0.717, 1.165) is 43.2 Å². The van der Waals surface area contributed by atoms with Crippen LogP contribution in [0, 0.1) is 19.8 Å². The number of carbonyl (C=O) groups excluding carboxylic acids is 3. The second-order valence-corrected chi connectivity index (χ2v) is 8.14. The first-order valence-electron chi connectivity index (χ1n) is 10.8. The predicted molar refractivity (Wildman–Crippen MR) is 119 cm³/mol. The smallest absolute Gasteiger partial charge is 0.326 e. The summed E-state index contributed by atoms with van der Waals surface area (Å²) in [7, 11) is 0. The highest BCUT2D eigenvalue weighted by atomic mass is 16.5. The van der Waals surface area contributed by atoms with Crippen molar-refractivity contribution in [2.24, 2.45) is 5.92 Å². The van der Waals surface area contributed by atoms with Gasteiger partial charge in [0, 0.05) is 17.2 Å². The topological polar surface area (TPSA) is 84.5 Å². The van der Waals surface area contributed by atoms with Crippen LogP contribution in [0.3, 0.4) is 0 Å². The fourth-order valence-corrected chi connectivity index (χ4v) is 3.81. The highest BCUT2D eigenvalue weighted by Crippen LogP contribution is 2.24. The third kappa shape index (κ3) is 6.41. The van der Waals surface area contributed by atoms with Crippen LogP contribution in [-0.2, 0) is 19.1 Å². The van der Waals surface area contributed by atoms with E-state index in [-0.39, 0.29) is 18.4 Å². The van der Waals surface area contributed by atoms with Gasteiger partial charge >= 0.3 is 5.97 Å². The Morgan fingerprint density at radius 2 is 1.71 bits per heavy atom. The molecule has 2 amide bonds. The van der Waals surface area contributed by atoms with Gasteiger partial charge in [0.2, 0.25) is 12.0 Å². The van der Waals surface area contributed by atoms with Gasteiger partial charge in [-0.1, -0.05) is 61.7 Å². The second kappa shape index (κ2) is 10.8. The van der Waals surface area contributed by atoms with Crippen molar-refractivity contribution in [3.05, 3.63) is 65.2 Å². The van der Waals surface area contributed by atoms with Crippen LogP contribution in [0.25, 0.3) is 0 Å². The molecule has 1 atom stereocenters. The summed E-state index contributed by atoms with van der Waals surface area (Å²) in [6.45, 7) is 3.59. The third-order valence-corrected chi connectivity index (χ3v) is 5.62. The minimum absolute atomic E-state index is 0.0425. The van der Waals surface area contributed by atoms with Crippen LogP contribution in [-0.4, -0.2) is 24.3 Å². The van der Waals surface area contributed by atoms with Crippen LogP contribution in [0.2, 0.25) is 0 Å². The Morgan fingerprint density at radius 3 is 2.42 bits per heavy atom. The maximum atomic E-state index is 13.0. The number of benzene rings is 2. The number of carbonyl (C=O) groups is 3. The third-order valence-electron chi connectivity index (χ3n) is 5.62. The second-order valence-electron chi connectivity index (χ2n) is 8.14. The van der Waals surface area contributed by atoms with Gasteiger partial charge < -0.3 is 15.4 Å². The molecule has 164 valence electrons. The van der Waals surface area contributed by atoms with Crippen molar-refractivity contribution in [3.63, 3.8) is 0 Å². The lowest BCUT2D eigenvalue weighted by Gasteiger charge is -2.21. The molecule has 0 radical (unpaired) electrons. The van der Waals surface area contributed by atoms with Gasteiger partial charge in [0.1, 0.15) is 6.54 Å². The summed E-state index contributed by atoms with van der Waals surface area (Å²) in [5.74, 6) is -1.24. The van der Waals surface area contributed by atoms with Crippen molar-refractivity contribution in [2.45, 2.75) is 52.1 Å². The molecule has 6 nitrogen and oxygen atoms in total. The van der Waals surface area contributed by atoms with Crippen LogP contribution in [0.5, 0.6) is 0 Å². The maximum Gasteiger partial charge on any atom is 0.326 e. The quantitative estimate of drug-likeness (QED) is 0.654. The van der Waals surface area contributed by atoms with E-state index in [1.807, 2.05) is 38.1 Å². The highest BCUT2D eigenvalue weighted by Gasteiger charge is 2.27. The van der Waals surface area contributed by atoms with Gasteiger partial charge in [-0.3, -0.25) is 14.4 Å². The minimum Gasteiger partial charge on any atom is -0.446 e. The molecule has 1 saturated carbocycles. The van der Waals surface area contributed by atoms with Crippen molar-refractivity contribution in [2.75, 3.05) is 11.9 Å². The summed E-state index contributed by atoms with van der Waals surface area (Å²) in [5, 5.41) is 5.54. The predicted octanol–water partition coefficient (Wildman–Crippen LogP) is 4.22. The van der Waals surface area contributed by atoms with Gasteiger partial charge in [-0.15, -0.1) is 0 Å². The van der Waals surface area contributed by atoms with Crippen LogP contribution >= 0.6 is 0 Å². The molecule has 1 aliphatic rings. The summed E-state index contributed by atoms with van der Waals surface area (Å²) < 4.78 is 5.51. The molecule has 0 saturated heterocycles. The monoisotopic (exact) mass is 422 g/mol. The van der Waals surface area contributed by atoms with E-state index in [4.69, 9.17) is 4.74 Å². The molecule has 0 spiro atoms. The van der Waals surface area contributed by atoms with Gasteiger partial charge in [-0.2, -0.15) is 0 Å². The number of anilines is 1. The number of nitrogens with one attached hydrogen (secondary N) is 2. The molecule has 0 heterocycles. The Balaban J connectivity index is 1.66. The molecule has 6 heteroatoms. The molecule has 0 aliphatic heterocycles. The fraction of sp³-hybridized carbons (Fsp3) is 0.400. The number of hydrogen-bond acceptors (Lipinski definition) is 4. The SMILES string of the molecule is Cc1ccc(C)c(NC(=O)[C@@H](OC(=O)CNC(=O)C2CCCCC2)c2ccccc2)c1. The average Bonchev–Trinajstić information content (AvgIpc) is 2.79. The van der Waals surface area contributed by atoms with Gasteiger partial charge in [0.15, 0.2) is 0 Å². The summed E-state index contributed by atoms with van der Waals surface area (Å²) >= 11 is 0. The molecule has 1 aliphatic carbocycles. The van der Waals surface area contributed by atoms with Gasteiger partial charge in [0.25, 0.3) is 5.91 Å². The zero-order valence-electron chi connectivity index (χ0n) is 18.1. The zero-order valence-corrected chi connectivity index (χ0v) is 18.1. The number of hydrogen-bond donors (Lipinski definition) is 2. The Morgan fingerprint density at radius 1 is 1.00 bits per heavy atom. The number of rotatable bonds is 7. The van der Waals surface area contributed by atoms with Crippen molar-refractivity contribution in [1.29, 1.82) is 0 Å². The van der Waals surface area contributed by atoms with Crippen molar-refractivity contribution < 1.29 is 19.1 Å². The van der Waals surface area contributed by atoms with E-state index in [0.29, 0.717) is 11.3 Å². The van der Waals surface area contributed by atoms with Gasteiger partial charge in [-0.05, 0) is 43.9 Å². The largest absolute Gasteiger partial charge is 0.446 e. The van der Waals surface area contributed by atoms with E-state index in [2.05, 4.69) is 10.6 Å². The lowest BCUT2D eigenvalue weighted by molar-refractivity contribution is -0.154. The lowest BCUT2D eigenvalue weighted by Crippen LogP contribution is -2.37. The Bertz CT molecular complexity index is 920. The standard InChI is InChI=1S/C25H30N2O4/c1-17-13-14-18(2)21(15-17)27-25(30)23(19-9-5-3-6-10-19)31-22(28)16-26-24(29)20-11-7-4-8-12-20/h3,5-6,9-10,13-15,20,23H,4,7-8,11-12,16H2,1-2H3,(H,26,29)(H,27,30)/t23-/m0/s1. The molecule has 2 aromatic rings. The number of amides is 2. The van der Waals surface area contributed by atoms with Gasteiger partial charge in [0.05, 0.1) is 0 Å². The molecule has 0 unspecified atom stereocenters. The summed E-state index contributed by atoms with van der Waals surface area (Å²) in [5.41, 5.74) is 3.17. The van der Waals surface area contributed by atoms with Gasteiger partial charge in [-0.25, -0.2) is 0 Å². The lowest BCUT2D eigenvalue weighted by atomic mass is 9.89. The molecule has 3 rings (SSSR count). The minimum atomic E-state index is -1.11. The number of aryl methyl sites for hydroxylation is 2. The van der Waals surface area contributed by atoms with Crippen LogP contribution in [0.4, 0.5) is 5.69 Å². The van der Waals surface area contributed by atoms with E-state index in [9.17, 15) is 14.4 Å². The molecule has 2 N–H and O–H groups in total. The maximum absolute atomic E-state index is 13.0. The first kappa shape index (κ1) is 22.5. The van der Waals surface area contributed by atoms with E-state index < -0.39 is 18.0 Å². The van der Waals surface area contributed by atoms with Crippen LogP contribution < -0.4 is 10.6 Å².